The molecule has 37 heavy (non-hydrogen) atoms. The molecule has 0 radical (unpaired) electrons. The number of ether oxygens (including phenoxy) is 1. The number of phenols is 1. The topological polar surface area (TPSA) is 104 Å². The van der Waals surface area contributed by atoms with Gasteiger partial charge in [-0.05, 0) is 78.5 Å². The summed E-state index contributed by atoms with van der Waals surface area (Å²) in [5, 5.41) is 11.0. The predicted octanol–water partition coefficient (Wildman–Crippen LogP) is 3.63. The van der Waals surface area contributed by atoms with E-state index in [1.165, 1.54) is 23.0 Å². The highest BCUT2D eigenvalue weighted by Gasteiger charge is 2.63. The first-order valence-electron chi connectivity index (χ1n) is 13.0. The summed E-state index contributed by atoms with van der Waals surface area (Å²) in [6, 6.07) is 4.89. The summed E-state index contributed by atoms with van der Waals surface area (Å²) in [6.45, 7) is 11.1. The van der Waals surface area contributed by atoms with Gasteiger partial charge in [0.1, 0.15) is 11.5 Å². The molecule has 0 spiro atoms. The SMILES string of the molecule is COc1ccc(O)c(C2C3=CCC4C(=O)N(C(C)(C)C)C(=O)C4C3CC3C(=O)N(C(C)(C)C)C(=O)C32)c1. The fourth-order valence-corrected chi connectivity index (χ4v) is 7.17. The lowest BCUT2D eigenvalue weighted by atomic mass is 9.57. The lowest BCUT2D eigenvalue weighted by Gasteiger charge is -2.44. The van der Waals surface area contributed by atoms with Gasteiger partial charge < -0.3 is 9.84 Å². The molecule has 0 bridgehead atoms. The van der Waals surface area contributed by atoms with E-state index in [0.29, 0.717) is 24.2 Å². The average Bonchev–Trinajstić information content (AvgIpc) is 3.21. The highest BCUT2D eigenvalue weighted by molar-refractivity contribution is 6.08. The van der Waals surface area contributed by atoms with Gasteiger partial charge in [-0.15, -0.1) is 0 Å². The van der Waals surface area contributed by atoms with Crippen molar-refractivity contribution in [2.75, 3.05) is 7.11 Å². The van der Waals surface area contributed by atoms with Crippen LogP contribution in [-0.2, 0) is 19.2 Å². The van der Waals surface area contributed by atoms with Crippen LogP contribution in [0, 0.1) is 29.6 Å². The molecule has 6 atom stereocenters. The summed E-state index contributed by atoms with van der Waals surface area (Å²) in [5.41, 5.74) is -0.00307. The Morgan fingerprint density at radius 3 is 1.95 bits per heavy atom. The molecular weight excluding hydrogens is 472 g/mol. The van der Waals surface area contributed by atoms with Gasteiger partial charge >= 0.3 is 0 Å². The van der Waals surface area contributed by atoms with Gasteiger partial charge in [-0.1, -0.05) is 11.6 Å². The van der Waals surface area contributed by atoms with Crippen LogP contribution in [0.2, 0.25) is 0 Å². The van der Waals surface area contributed by atoms with Gasteiger partial charge in [0.25, 0.3) is 0 Å². The zero-order valence-corrected chi connectivity index (χ0v) is 22.6. The number of nitrogens with zero attached hydrogens (tertiary/aromatic N) is 2. The van der Waals surface area contributed by atoms with E-state index in [2.05, 4.69) is 0 Å². The molecule has 1 aromatic rings. The molecule has 3 fully saturated rings. The Hall–Kier alpha value is -3.16. The van der Waals surface area contributed by atoms with E-state index < -0.39 is 40.7 Å². The smallest absolute Gasteiger partial charge is 0.234 e. The summed E-state index contributed by atoms with van der Waals surface area (Å²) >= 11 is 0. The first-order chi connectivity index (χ1) is 17.2. The minimum absolute atomic E-state index is 0.00724. The van der Waals surface area contributed by atoms with Crippen LogP contribution in [0.15, 0.2) is 29.8 Å². The lowest BCUT2D eigenvalue weighted by molar-refractivity contribution is -0.147. The Morgan fingerprint density at radius 2 is 1.38 bits per heavy atom. The Labute approximate surface area is 217 Å². The Morgan fingerprint density at radius 1 is 0.811 bits per heavy atom. The van der Waals surface area contributed by atoms with Crippen molar-refractivity contribution in [2.45, 2.75) is 71.4 Å². The van der Waals surface area contributed by atoms with Gasteiger partial charge in [0, 0.05) is 22.6 Å². The van der Waals surface area contributed by atoms with E-state index in [9.17, 15) is 24.3 Å². The van der Waals surface area contributed by atoms with Crippen molar-refractivity contribution < 1.29 is 29.0 Å². The Balaban J connectivity index is 1.68. The number of allylic oxidation sites excluding steroid dienone is 2. The van der Waals surface area contributed by atoms with Crippen LogP contribution in [-0.4, -0.2) is 56.7 Å². The molecular formula is C29H36N2O6. The average molecular weight is 509 g/mol. The lowest BCUT2D eigenvalue weighted by Crippen LogP contribution is -2.47. The number of methoxy groups -OCH3 is 1. The van der Waals surface area contributed by atoms with E-state index in [1.54, 1.807) is 12.1 Å². The first kappa shape index (κ1) is 25.5. The molecule has 2 aliphatic carbocycles. The second-order valence-electron chi connectivity index (χ2n) is 12.8. The summed E-state index contributed by atoms with van der Waals surface area (Å²) in [6.07, 6.45) is 2.70. The fraction of sp³-hybridized carbons (Fsp3) is 0.586. The quantitative estimate of drug-likeness (QED) is 0.483. The van der Waals surface area contributed by atoms with Crippen molar-refractivity contribution in [2.24, 2.45) is 29.6 Å². The Kier molecular flexibility index (Phi) is 5.63. The van der Waals surface area contributed by atoms with Crippen molar-refractivity contribution in [1.82, 2.24) is 9.80 Å². The van der Waals surface area contributed by atoms with Crippen LogP contribution < -0.4 is 4.74 Å². The maximum Gasteiger partial charge on any atom is 0.234 e. The van der Waals surface area contributed by atoms with Crippen LogP contribution in [0.3, 0.4) is 0 Å². The van der Waals surface area contributed by atoms with Crippen LogP contribution in [0.25, 0.3) is 0 Å². The zero-order chi connectivity index (χ0) is 27.2. The minimum atomic E-state index is -0.712. The maximum atomic E-state index is 13.9. The van der Waals surface area contributed by atoms with E-state index in [1.807, 2.05) is 47.6 Å². The summed E-state index contributed by atoms with van der Waals surface area (Å²) in [5.74, 6) is -3.76. The van der Waals surface area contributed by atoms with Gasteiger partial charge in [-0.25, -0.2) is 0 Å². The molecule has 1 aromatic carbocycles. The normalized spacial score (nSPS) is 31.8. The number of carbonyl (C=O) groups excluding carboxylic acids is 4. The number of fused-ring (bicyclic) bond motifs is 4. The first-order valence-corrected chi connectivity index (χ1v) is 13.0. The van der Waals surface area contributed by atoms with Crippen LogP contribution in [0.4, 0.5) is 0 Å². The minimum Gasteiger partial charge on any atom is -0.508 e. The molecule has 2 aliphatic heterocycles. The van der Waals surface area contributed by atoms with Gasteiger partial charge in [-0.3, -0.25) is 29.0 Å². The number of imide groups is 2. The van der Waals surface area contributed by atoms with E-state index in [4.69, 9.17) is 4.74 Å². The largest absolute Gasteiger partial charge is 0.508 e. The molecule has 4 aliphatic rings. The van der Waals surface area contributed by atoms with Crippen LogP contribution in [0.5, 0.6) is 11.5 Å². The Bertz CT molecular complexity index is 1240. The fourth-order valence-electron chi connectivity index (χ4n) is 7.17. The number of hydrogen-bond acceptors (Lipinski definition) is 6. The molecule has 0 aromatic heterocycles. The van der Waals surface area contributed by atoms with Crippen molar-refractivity contribution in [3.63, 3.8) is 0 Å². The third-order valence-corrected chi connectivity index (χ3v) is 8.56. The highest BCUT2D eigenvalue weighted by Crippen LogP contribution is 2.59. The van der Waals surface area contributed by atoms with Gasteiger partial charge in [0.15, 0.2) is 0 Å². The molecule has 5 rings (SSSR count). The number of carbonyl (C=O) groups is 4. The van der Waals surface area contributed by atoms with Gasteiger partial charge in [-0.2, -0.15) is 0 Å². The molecule has 8 nitrogen and oxygen atoms in total. The predicted molar refractivity (Wildman–Crippen MR) is 135 cm³/mol. The van der Waals surface area contributed by atoms with Crippen molar-refractivity contribution in [3.05, 3.63) is 35.4 Å². The van der Waals surface area contributed by atoms with Crippen molar-refractivity contribution >= 4 is 23.6 Å². The summed E-state index contributed by atoms with van der Waals surface area (Å²) < 4.78 is 5.43. The number of hydrogen-bond donors (Lipinski definition) is 1. The van der Waals surface area contributed by atoms with Crippen molar-refractivity contribution in [3.8, 4) is 11.5 Å². The molecule has 198 valence electrons. The molecule has 2 heterocycles. The number of likely N-dealkylation sites (tertiary alicyclic amines) is 2. The molecule has 2 saturated heterocycles. The van der Waals surface area contributed by atoms with Crippen molar-refractivity contribution in [1.29, 1.82) is 0 Å². The number of amides is 4. The van der Waals surface area contributed by atoms with Gasteiger partial charge in [0.05, 0.1) is 30.8 Å². The van der Waals surface area contributed by atoms with E-state index in [-0.39, 0.29) is 35.3 Å². The molecule has 1 N–H and O–H groups in total. The third-order valence-electron chi connectivity index (χ3n) is 8.56. The van der Waals surface area contributed by atoms with Crippen LogP contribution >= 0.6 is 0 Å². The second-order valence-corrected chi connectivity index (χ2v) is 12.8. The highest BCUT2D eigenvalue weighted by atomic mass is 16.5. The molecule has 1 saturated carbocycles. The standard InChI is InChI=1S/C29H36N2O6/c1-28(2,3)30-24(33)16-10-9-15-17(22(16)26(30)35)13-19-23(27(36)31(25(19)34)29(4,5)6)21(15)18-12-14(37-7)8-11-20(18)32/h8-9,11-12,16-17,19,21-23,32H,10,13H2,1-7H3. The monoisotopic (exact) mass is 508 g/mol. The zero-order valence-electron chi connectivity index (χ0n) is 22.6. The van der Waals surface area contributed by atoms with Gasteiger partial charge in [0.2, 0.25) is 23.6 Å². The molecule has 8 heteroatoms. The summed E-state index contributed by atoms with van der Waals surface area (Å²) in [7, 11) is 1.53. The number of benzene rings is 1. The second kappa shape index (κ2) is 8.17. The van der Waals surface area contributed by atoms with Crippen LogP contribution in [0.1, 0.15) is 65.9 Å². The number of phenolic OH excluding ortho intramolecular Hbond substituents is 1. The number of rotatable bonds is 2. The molecule has 4 amide bonds. The molecule has 6 unspecified atom stereocenters. The number of aromatic hydroxyl groups is 1. The van der Waals surface area contributed by atoms with E-state index >= 15 is 0 Å². The third kappa shape index (κ3) is 3.62. The van der Waals surface area contributed by atoms with E-state index in [0.717, 1.165) is 5.57 Å². The summed E-state index contributed by atoms with van der Waals surface area (Å²) in [4.78, 5) is 57.5. The maximum absolute atomic E-state index is 13.9.